The quantitative estimate of drug-likeness (QED) is 0.588. The molecule has 0 saturated heterocycles. The molecule has 1 aliphatic rings. The average molecular weight is 190 g/mol. The van der Waals surface area contributed by atoms with Gasteiger partial charge in [0.2, 0.25) is 5.88 Å². The van der Waals surface area contributed by atoms with Gasteiger partial charge in [0, 0.05) is 12.3 Å². The summed E-state index contributed by atoms with van der Waals surface area (Å²) < 4.78 is 32.7. The zero-order valence-corrected chi connectivity index (χ0v) is 6.65. The third-order valence-electron chi connectivity index (χ3n) is 0.889. The molecule has 7 heteroatoms. The summed E-state index contributed by atoms with van der Waals surface area (Å²) in [7, 11) is -4.48. The Balaban J connectivity index is 2.71. The molecule has 12 heavy (non-hydrogen) atoms. The van der Waals surface area contributed by atoms with E-state index in [0.717, 1.165) is 0 Å². The van der Waals surface area contributed by atoms with Crippen LogP contribution in [0.2, 0.25) is 0 Å². The molecule has 0 spiro atoms. The maximum atomic E-state index is 10.2. The van der Waals surface area contributed by atoms with E-state index in [1.54, 1.807) is 6.08 Å². The van der Waals surface area contributed by atoms with Crippen molar-refractivity contribution in [3.8, 4) is 0 Å². The van der Waals surface area contributed by atoms with Crippen molar-refractivity contribution in [3.05, 3.63) is 24.1 Å². The number of nitrogens with zero attached hydrogens (tertiary/aromatic N) is 1. The first-order valence-corrected chi connectivity index (χ1v) is 4.27. The smallest absolute Gasteiger partial charge is 0.342 e. The summed E-state index contributed by atoms with van der Waals surface area (Å²) in [6, 6.07) is 0. The van der Waals surface area contributed by atoms with Crippen molar-refractivity contribution >= 4 is 16.6 Å². The minimum atomic E-state index is -4.48. The molecule has 0 bridgehead atoms. The van der Waals surface area contributed by atoms with Crippen molar-refractivity contribution in [2.45, 2.75) is 0 Å². The largest absolute Gasteiger partial charge is 0.447 e. The number of hydrazone groups is 1. The van der Waals surface area contributed by atoms with Gasteiger partial charge in [-0.25, -0.2) is 5.43 Å². The Labute approximate surface area is 69.2 Å². The fourth-order valence-corrected chi connectivity index (χ4v) is 0.853. The predicted molar refractivity (Wildman–Crippen MR) is 41.5 cm³/mol. The van der Waals surface area contributed by atoms with Crippen LogP contribution in [0.5, 0.6) is 0 Å². The van der Waals surface area contributed by atoms with Crippen LogP contribution in [-0.2, 0) is 14.6 Å². The fourth-order valence-electron chi connectivity index (χ4n) is 0.534. The number of hydrogen-bond acceptors (Lipinski definition) is 5. The molecule has 2 N–H and O–H groups in total. The molecule has 0 aromatic rings. The molecule has 0 atom stereocenters. The van der Waals surface area contributed by atoms with Crippen molar-refractivity contribution < 1.29 is 17.2 Å². The van der Waals surface area contributed by atoms with Gasteiger partial charge < -0.3 is 4.18 Å². The highest BCUT2D eigenvalue weighted by atomic mass is 32.3. The number of hydrogen-bond donors (Lipinski definition) is 2. The maximum absolute atomic E-state index is 10.2. The van der Waals surface area contributed by atoms with Gasteiger partial charge in [0.1, 0.15) is 0 Å². The molecular formula is C5H6N2O4S. The molecule has 6 nitrogen and oxygen atoms in total. The summed E-state index contributed by atoms with van der Waals surface area (Å²) in [6.45, 7) is 0. The predicted octanol–water partition coefficient (Wildman–Crippen LogP) is -0.208. The first-order valence-electron chi connectivity index (χ1n) is 2.91. The van der Waals surface area contributed by atoms with Crippen LogP contribution in [0.3, 0.4) is 0 Å². The molecule has 66 valence electrons. The third kappa shape index (κ3) is 3.17. The van der Waals surface area contributed by atoms with Gasteiger partial charge >= 0.3 is 10.4 Å². The normalized spacial score (nSPS) is 16.2. The molecule has 1 rings (SSSR count). The van der Waals surface area contributed by atoms with E-state index in [2.05, 4.69) is 14.7 Å². The van der Waals surface area contributed by atoms with Crippen LogP contribution in [0.1, 0.15) is 0 Å². The van der Waals surface area contributed by atoms with E-state index in [0.29, 0.717) is 0 Å². The lowest BCUT2D eigenvalue weighted by molar-refractivity contribution is 0.314. The van der Waals surface area contributed by atoms with Gasteiger partial charge in [0.25, 0.3) is 0 Å². The average Bonchev–Trinajstić information content (AvgIpc) is 2.12. The molecule has 0 aromatic heterocycles. The van der Waals surface area contributed by atoms with Gasteiger partial charge in [-0.15, -0.1) is 0 Å². The second-order valence-electron chi connectivity index (χ2n) is 1.82. The van der Waals surface area contributed by atoms with E-state index in [9.17, 15) is 8.42 Å². The van der Waals surface area contributed by atoms with Gasteiger partial charge in [-0.2, -0.15) is 13.5 Å². The molecule has 0 amide bonds. The minimum Gasteiger partial charge on any atom is -0.342 e. The summed E-state index contributed by atoms with van der Waals surface area (Å²) >= 11 is 0. The van der Waals surface area contributed by atoms with E-state index in [-0.39, 0.29) is 5.88 Å². The zero-order valence-electron chi connectivity index (χ0n) is 5.84. The number of allylic oxidation sites excluding steroid dienone is 3. The van der Waals surface area contributed by atoms with E-state index in [4.69, 9.17) is 4.55 Å². The van der Waals surface area contributed by atoms with E-state index >= 15 is 0 Å². The molecule has 0 saturated carbocycles. The number of rotatable bonds is 2. The monoisotopic (exact) mass is 190 g/mol. The van der Waals surface area contributed by atoms with Gasteiger partial charge in [-0.05, 0) is 6.08 Å². The highest BCUT2D eigenvalue weighted by Crippen LogP contribution is 1.99. The Morgan fingerprint density at radius 3 is 2.92 bits per heavy atom. The second kappa shape index (κ2) is 3.37. The van der Waals surface area contributed by atoms with E-state index < -0.39 is 10.4 Å². The Hall–Kier alpha value is -1.34. The topological polar surface area (TPSA) is 88.0 Å². The van der Waals surface area contributed by atoms with Gasteiger partial charge in [0.05, 0.1) is 0 Å². The molecule has 0 unspecified atom stereocenters. The van der Waals surface area contributed by atoms with Crippen LogP contribution < -0.4 is 5.43 Å². The van der Waals surface area contributed by atoms with Crippen molar-refractivity contribution in [2.75, 3.05) is 0 Å². The summed E-state index contributed by atoms with van der Waals surface area (Å²) in [6.07, 6.45) is 5.77. The van der Waals surface area contributed by atoms with E-state index in [1.165, 1.54) is 18.4 Å². The van der Waals surface area contributed by atoms with Crippen LogP contribution in [-0.4, -0.2) is 19.2 Å². The Bertz CT molecular complexity index is 340. The van der Waals surface area contributed by atoms with Crippen molar-refractivity contribution in [1.29, 1.82) is 0 Å². The SMILES string of the molecule is O=S(=O)(O)OC1=CC=CC=NN1. The molecule has 0 aliphatic carbocycles. The highest BCUT2D eigenvalue weighted by molar-refractivity contribution is 7.81. The lowest BCUT2D eigenvalue weighted by atomic mass is 10.5. The number of nitrogens with one attached hydrogen (secondary N) is 1. The molecule has 0 aromatic carbocycles. The Morgan fingerprint density at radius 1 is 1.50 bits per heavy atom. The molecule has 0 radical (unpaired) electrons. The molecule has 1 aliphatic heterocycles. The summed E-state index contributed by atoms with van der Waals surface area (Å²) in [5.41, 5.74) is 2.24. The summed E-state index contributed by atoms with van der Waals surface area (Å²) in [5, 5.41) is 3.51. The first kappa shape index (κ1) is 8.75. The maximum Gasteiger partial charge on any atom is 0.447 e. The van der Waals surface area contributed by atoms with Crippen molar-refractivity contribution in [3.63, 3.8) is 0 Å². The zero-order chi connectivity index (χ0) is 9.03. The van der Waals surface area contributed by atoms with Crippen LogP contribution in [0, 0.1) is 0 Å². The van der Waals surface area contributed by atoms with Crippen molar-refractivity contribution in [1.82, 2.24) is 5.43 Å². The molecule has 0 fully saturated rings. The van der Waals surface area contributed by atoms with Crippen LogP contribution in [0.15, 0.2) is 29.2 Å². The fraction of sp³-hybridized carbons (Fsp3) is 0. The highest BCUT2D eigenvalue weighted by Gasteiger charge is 2.08. The van der Waals surface area contributed by atoms with Crippen molar-refractivity contribution in [2.24, 2.45) is 5.10 Å². The lowest BCUT2D eigenvalue weighted by Crippen LogP contribution is -2.13. The summed E-state index contributed by atoms with van der Waals surface area (Å²) in [4.78, 5) is 0. The second-order valence-corrected chi connectivity index (χ2v) is 2.84. The van der Waals surface area contributed by atoms with E-state index in [1.807, 2.05) is 0 Å². The Morgan fingerprint density at radius 2 is 2.25 bits per heavy atom. The van der Waals surface area contributed by atoms with Crippen LogP contribution in [0.25, 0.3) is 0 Å². The Kier molecular flexibility index (Phi) is 2.46. The van der Waals surface area contributed by atoms with Gasteiger partial charge in [-0.3, -0.25) is 4.55 Å². The lowest BCUT2D eigenvalue weighted by Gasteiger charge is -2.02. The van der Waals surface area contributed by atoms with Gasteiger partial charge in [-0.1, -0.05) is 6.08 Å². The standard InChI is InChI=1S/C5H6N2O4S/c8-12(9,10)11-5-3-1-2-4-6-7-5/h1-4,7H,(H,8,9,10). The third-order valence-corrected chi connectivity index (χ3v) is 1.28. The minimum absolute atomic E-state index is 0.164. The first-order chi connectivity index (χ1) is 5.58. The summed E-state index contributed by atoms with van der Waals surface area (Å²) in [5.74, 6) is -0.164. The molecule has 1 heterocycles. The molecular weight excluding hydrogens is 184 g/mol. The van der Waals surface area contributed by atoms with Crippen LogP contribution >= 0.6 is 0 Å². The van der Waals surface area contributed by atoms with Crippen LogP contribution in [0.4, 0.5) is 0 Å². The van der Waals surface area contributed by atoms with Gasteiger partial charge in [0.15, 0.2) is 0 Å².